The number of H-pyrrole nitrogens is 1. The number of methoxy groups -OCH3 is 1. The Bertz CT molecular complexity index is 1250. The lowest BCUT2D eigenvalue weighted by Gasteiger charge is -2.33. The standard InChI is InChI=1S/C27H30FN5O/c1-3-22(26-31-27(33-32-26)30-20-9-11-21(34-2)12-10-20)17-4-6-18(7-5-17)23-14-15-29-25-13-8-19(28)16-24(23)25/h8-18,22H,3-7H2,1-2H3,(H2,30,31,32,33). The van der Waals surface area contributed by atoms with Gasteiger partial charge in [-0.15, -0.1) is 10.2 Å². The summed E-state index contributed by atoms with van der Waals surface area (Å²) in [6.45, 7) is 2.22. The van der Waals surface area contributed by atoms with Gasteiger partial charge in [0, 0.05) is 23.2 Å². The third-order valence-electron chi connectivity index (χ3n) is 7.17. The minimum absolute atomic E-state index is 0.203. The molecule has 2 heterocycles. The minimum atomic E-state index is -0.203. The van der Waals surface area contributed by atoms with E-state index in [0.717, 1.165) is 60.3 Å². The van der Waals surface area contributed by atoms with E-state index in [1.807, 2.05) is 30.5 Å². The van der Waals surface area contributed by atoms with Gasteiger partial charge >= 0.3 is 0 Å². The molecule has 0 amide bonds. The Morgan fingerprint density at radius 2 is 1.85 bits per heavy atom. The van der Waals surface area contributed by atoms with Crippen LogP contribution in [-0.2, 0) is 0 Å². The summed E-state index contributed by atoms with van der Waals surface area (Å²) < 4.78 is 19.1. The van der Waals surface area contributed by atoms with Crippen molar-refractivity contribution in [3.8, 4) is 5.75 Å². The zero-order valence-electron chi connectivity index (χ0n) is 19.6. The normalized spacial score (nSPS) is 19.1. The summed E-state index contributed by atoms with van der Waals surface area (Å²) in [6.07, 6.45) is 7.26. The Morgan fingerprint density at radius 1 is 1.06 bits per heavy atom. The average molecular weight is 460 g/mol. The zero-order valence-corrected chi connectivity index (χ0v) is 19.6. The van der Waals surface area contributed by atoms with Crippen LogP contribution in [-0.4, -0.2) is 27.3 Å². The first kappa shape index (κ1) is 22.3. The van der Waals surface area contributed by atoms with E-state index in [9.17, 15) is 4.39 Å². The van der Waals surface area contributed by atoms with Gasteiger partial charge in [0.05, 0.1) is 12.6 Å². The maximum Gasteiger partial charge on any atom is 0.226 e. The molecular weight excluding hydrogens is 429 g/mol. The monoisotopic (exact) mass is 459 g/mol. The first-order valence-corrected chi connectivity index (χ1v) is 12.0. The predicted octanol–water partition coefficient (Wildman–Crippen LogP) is 6.71. The maximum atomic E-state index is 13.9. The molecule has 176 valence electrons. The van der Waals surface area contributed by atoms with Gasteiger partial charge in [0.25, 0.3) is 0 Å². The first-order chi connectivity index (χ1) is 16.6. The topological polar surface area (TPSA) is 75.7 Å². The van der Waals surface area contributed by atoms with Crippen molar-refractivity contribution in [1.29, 1.82) is 0 Å². The largest absolute Gasteiger partial charge is 0.497 e. The molecule has 1 unspecified atom stereocenters. The van der Waals surface area contributed by atoms with Crippen LogP contribution in [0, 0.1) is 11.7 Å². The molecule has 1 aliphatic carbocycles. The molecule has 2 N–H and O–H groups in total. The van der Waals surface area contributed by atoms with Crippen LogP contribution in [0.4, 0.5) is 16.0 Å². The highest BCUT2D eigenvalue weighted by Crippen LogP contribution is 2.43. The van der Waals surface area contributed by atoms with Crippen molar-refractivity contribution < 1.29 is 9.13 Å². The lowest BCUT2D eigenvalue weighted by Crippen LogP contribution is -2.20. The Kier molecular flexibility index (Phi) is 6.43. The van der Waals surface area contributed by atoms with Gasteiger partial charge in [0.1, 0.15) is 17.4 Å². The molecule has 2 aromatic carbocycles. The quantitative estimate of drug-likeness (QED) is 0.321. The fourth-order valence-electron chi connectivity index (χ4n) is 5.39. The van der Waals surface area contributed by atoms with E-state index in [1.54, 1.807) is 19.2 Å². The molecule has 1 fully saturated rings. The molecule has 1 aliphatic rings. The van der Waals surface area contributed by atoms with Gasteiger partial charge in [-0.05, 0) is 98.0 Å². The van der Waals surface area contributed by atoms with Crippen LogP contribution in [0.15, 0.2) is 54.7 Å². The molecule has 5 rings (SSSR count). The lowest BCUT2D eigenvalue weighted by molar-refractivity contribution is 0.271. The van der Waals surface area contributed by atoms with Crippen molar-refractivity contribution in [3.05, 3.63) is 71.9 Å². The van der Waals surface area contributed by atoms with Crippen molar-refractivity contribution in [3.63, 3.8) is 0 Å². The van der Waals surface area contributed by atoms with E-state index in [1.165, 1.54) is 11.6 Å². The van der Waals surface area contributed by atoms with E-state index in [-0.39, 0.29) is 5.82 Å². The number of ether oxygens (including phenoxy) is 1. The molecule has 0 spiro atoms. The molecule has 0 saturated heterocycles. The summed E-state index contributed by atoms with van der Waals surface area (Å²) in [5.74, 6) is 3.53. The second-order valence-corrected chi connectivity index (χ2v) is 9.10. The lowest BCUT2D eigenvalue weighted by atomic mass is 9.72. The van der Waals surface area contributed by atoms with Crippen LogP contribution >= 0.6 is 0 Å². The van der Waals surface area contributed by atoms with Gasteiger partial charge in [0.2, 0.25) is 5.95 Å². The molecular formula is C27H30FN5O. The van der Waals surface area contributed by atoms with E-state index in [0.29, 0.717) is 23.7 Å². The second-order valence-electron chi connectivity index (χ2n) is 9.10. The van der Waals surface area contributed by atoms with Crippen LogP contribution in [0.3, 0.4) is 0 Å². The fraction of sp³-hybridized carbons (Fsp3) is 0.370. The number of hydrogen-bond donors (Lipinski definition) is 2. The number of benzene rings is 2. The van der Waals surface area contributed by atoms with Crippen molar-refractivity contribution in [2.45, 2.75) is 50.9 Å². The van der Waals surface area contributed by atoms with Crippen molar-refractivity contribution in [1.82, 2.24) is 20.2 Å². The summed E-state index contributed by atoms with van der Waals surface area (Å²) in [6, 6.07) is 14.7. The summed E-state index contributed by atoms with van der Waals surface area (Å²) in [7, 11) is 1.66. The molecule has 2 aromatic heterocycles. The zero-order chi connectivity index (χ0) is 23.5. The average Bonchev–Trinajstić information content (AvgIpc) is 3.33. The number of anilines is 2. The summed E-state index contributed by atoms with van der Waals surface area (Å²) >= 11 is 0. The highest BCUT2D eigenvalue weighted by molar-refractivity contribution is 5.82. The second kappa shape index (κ2) is 9.79. The van der Waals surface area contributed by atoms with Crippen molar-refractivity contribution in [2.75, 3.05) is 12.4 Å². The molecule has 1 saturated carbocycles. The van der Waals surface area contributed by atoms with Crippen molar-refractivity contribution in [2.24, 2.45) is 5.92 Å². The van der Waals surface area contributed by atoms with Gasteiger partial charge in [-0.2, -0.15) is 0 Å². The van der Waals surface area contributed by atoms with E-state index in [2.05, 4.69) is 38.5 Å². The number of fused-ring (bicyclic) bond motifs is 1. The maximum absolute atomic E-state index is 13.9. The van der Waals surface area contributed by atoms with Crippen molar-refractivity contribution >= 4 is 22.5 Å². The van der Waals surface area contributed by atoms with E-state index >= 15 is 0 Å². The van der Waals surface area contributed by atoms with Crippen LogP contribution in [0.2, 0.25) is 0 Å². The molecule has 0 radical (unpaired) electrons. The summed E-state index contributed by atoms with van der Waals surface area (Å²) in [5.41, 5.74) is 3.02. The fourth-order valence-corrected chi connectivity index (χ4v) is 5.39. The first-order valence-electron chi connectivity index (χ1n) is 12.0. The molecule has 6 nitrogen and oxygen atoms in total. The Hall–Kier alpha value is -3.48. The molecule has 7 heteroatoms. The molecule has 34 heavy (non-hydrogen) atoms. The number of nitrogens with one attached hydrogen (secondary N) is 2. The highest BCUT2D eigenvalue weighted by Gasteiger charge is 2.31. The molecule has 0 aliphatic heterocycles. The number of aromatic amines is 1. The highest BCUT2D eigenvalue weighted by atomic mass is 19.1. The molecule has 1 atom stereocenters. The van der Waals surface area contributed by atoms with Gasteiger partial charge in [-0.25, -0.2) is 4.39 Å². The third-order valence-corrected chi connectivity index (χ3v) is 7.17. The number of rotatable bonds is 7. The van der Waals surface area contributed by atoms with Crippen LogP contribution in [0.5, 0.6) is 5.75 Å². The number of pyridine rings is 1. The summed E-state index contributed by atoms with van der Waals surface area (Å²) in [4.78, 5) is 7.81. The van der Waals surface area contributed by atoms with Crippen LogP contribution in [0.25, 0.3) is 10.9 Å². The van der Waals surface area contributed by atoms with E-state index in [4.69, 9.17) is 4.74 Å². The summed E-state index contributed by atoms with van der Waals surface area (Å²) in [5, 5.41) is 13.0. The van der Waals surface area contributed by atoms with Gasteiger partial charge in [0.15, 0.2) is 0 Å². The number of halogens is 1. The SMILES string of the molecule is CCC(c1nnc(Nc2ccc(OC)cc2)[nH]1)C1CCC(c2ccnc3ccc(F)cc23)CC1. The Balaban J connectivity index is 1.26. The van der Waals surface area contributed by atoms with Crippen LogP contribution in [0.1, 0.15) is 62.3 Å². The van der Waals surface area contributed by atoms with Gasteiger partial charge in [-0.3, -0.25) is 4.98 Å². The van der Waals surface area contributed by atoms with Gasteiger partial charge in [-0.1, -0.05) is 6.92 Å². The minimum Gasteiger partial charge on any atom is -0.497 e. The number of nitrogens with zero attached hydrogens (tertiary/aromatic N) is 3. The van der Waals surface area contributed by atoms with E-state index < -0.39 is 0 Å². The molecule has 0 bridgehead atoms. The Morgan fingerprint density at radius 3 is 2.59 bits per heavy atom. The smallest absolute Gasteiger partial charge is 0.226 e. The Labute approximate surface area is 199 Å². The number of hydrogen-bond acceptors (Lipinski definition) is 5. The molecule has 4 aromatic rings. The third kappa shape index (κ3) is 4.60. The predicted molar refractivity (Wildman–Crippen MR) is 132 cm³/mol. The van der Waals surface area contributed by atoms with Crippen LogP contribution < -0.4 is 10.1 Å². The van der Waals surface area contributed by atoms with Gasteiger partial charge < -0.3 is 15.0 Å². The number of aromatic nitrogens is 4.